The summed E-state index contributed by atoms with van der Waals surface area (Å²) in [6.07, 6.45) is 2.34. The molecule has 1 amide bonds. The minimum absolute atomic E-state index is 0.0403. The Morgan fingerprint density at radius 3 is 2.36 bits per heavy atom. The Balaban J connectivity index is 1.55. The quantitative estimate of drug-likeness (QED) is 0.852. The van der Waals surface area contributed by atoms with E-state index in [1.165, 1.54) is 12.8 Å². The third-order valence-electron chi connectivity index (χ3n) is 5.38. The molecule has 7 nitrogen and oxygen atoms in total. The molecule has 0 aromatic carbocycles. The monoisotopic (exact) mass is 346 g/mol. The highest BCUT2D eigenvalue weighted by atomic mass is 16.2. The van der Waals surface area contributed by atoms with Crippen LogP contribution in [0.3, 0.4) is 0 Å². The van der Waals surface area contributed by atoms with Gasteiger partial charge in [-0.05, 0) is 38.8 Å². The van der Waals surface area contributed by atoms with E-state index in [1.54, 1.807) is 4.90 Å². The van der Waals surface area contributed by atoms with Gasteiger partial charge in [0.25, 0.3) is 5.91 Å². The third-order valence-corrected chi connectivity index (χ3v) is 5.38. The molecule has 0 spiro atoms. The number of piperidine rings is 1. The molecule has 1 aromatic heterocycles. The number of anilines is 1. The Bertz CT molecular complexity index is 545. The summed E-state index contributed by atoms with van der Waals surface area (Å²) in [6.45, 7) is 11.9. The van der Waals surface area contributed by atoms with E-state index in [4.69, 9.17) is 0 Å². The molecular formula is C18H30N6O. The first-order valence-electron chi connectivity index (χ1n) is 9.55. The molecule has 2 aliphatic heterocycles. The van der Waals surface area contributed by atoms with Gasteiger partial charge in [0.05, 0.1) is 0 Å². The van der Waals surface area contributed by atoms with Gasteiger partial charge in [0.2, 0.25) is 0 Å². The molecule has 1 N–H and O–H groups in total. The van der Waals surface area contributed by atoms with Crippen LogP contribution in [0.1, 0.15) is 37.2 Å². The van der Waals surface area contributed by atoms with Gasteiger partial charge in [-0.25, -0.2) is 0 Å². The highest BCUT2D eigenvalue weighted by Crippen LogP contribution is 2.21. The molecular weight excluding hydrogens is 316 g/mol. The highest BCUT2D eigenvalue weighted by Gasteiger charge is 2.26. The number of nitrogens with zero attached hydrogens (tertiary/aromatic N) is 5. The molecule has 2 fully saturated rings. The fourth-order valence-corrected chi connectivity index (χ4v) is 3.79. The Hall–Kier alpha value is -1.73. The predicted octanol–water partition coefficient (Wildman–Crippen LogP) is 0.833. The number of rotatable bonds is 5. The van der Waals surface area contributed by atoms with Crippen molar-refractivity contribution in [1.29, 1.82) is 0 Å². The maximum atomic E-state index is 12.3. The largest absolute Gasteiger partial charge is 0.355 e. The predicted molar refractivity (Wildman–Crippen MR) is 99.0 cm³/mol. The van der Waals surface area contributed by atoms with E-state index in [9.17, 15) is 4.79 Å². The van der Waals surface area contributed by atoms with Crippen LogP contribution < -0.4 is 10.2 Å². The minimum atomic E-state index is -0.0403. The van der Waals surface area contributed by atoms with Crippen molar-refractivity contribution in [3.63, 3.8) is 0 Å². The lowest BCUT2D eigenvalue weighted by Gasteiger charge is -2.40. The fourth-order valence-electron chi connectivity index (χ4n) is 3.79. The van der Waals surface area contributed by atoms with Gasteiger partial charge < -0.3 is 15.1 Å². The number of piperazine rings is 1. The average molecular weight is 346 g/mol. The summed E-state index contributed by atoms with van der Waals surface area (Å²) in [5.41, 5.74) is 0.433. The van der Waals surface area contributed by atoms with E-state index < -0.39 is 0 Å². The standard InChI is InChI=1S/C18H30N6O/c1-3-22(4-2)18(25)16-5-6-17(21-20-16)24-11-7-15(8-12-24)23-13-9-19-10-14-23/h5-6,15,19H,3-4,7-14H2,1-2H3. The number of aromatic nitrogens is 2. The van der Waals surface area contributed by atoms with E-state index in [0.717, 1.165) is 45.1 Å². The van der Waals surface area contributed by atoms with Crippen LogP contribution in [0.15, 0.2) is 12.1 Å². The van der Waals surface area contributed by atoms with Gasteiger partial charge in [-0.15, -0.1) is 10.2 Å². The summed E-state index contributed by atoms with van der Waals surface area (Å²) in [7, 11) is 0. The summed E-state index contributed by atoms with van der Waals surface area (Å²) in [5.74, 6) is 0.844. The molecule has 7 heteroatoms. The molecule has 0 bridgehead atoms. The molecule has 1 aromatic rings. The molecule has 138 valence electrons. The molecule has 2 aliphatic rings. The average Bonchev–Trinajstić information content (AvgIpc) is 2.70. The minimum Gasteiger partial charge on any atom is -0.355 e. The van der Waals surface area contributed by atoms with Crippen molar-refractivity contribution >= 4 is 11.7 Å². The topological polar surface area (TPSA) is 64.6 Å². The summed E-state index contributed by atoms with van der Waals surface area (Å²) in [5, 5.41) is 11.9. The third kappa shape index (κ3) is 4.27. The number of hydrogen-bond acceptors (Lipinski definition) is 6. The number of nitrogens with one attached hydrogen (secondary N) is 1. The second-order valence-corrected chi connectivity index (χ2v) is 6.76. The molecule has 0 aliphatic carbocycles. The van der Waals surface area contributed by atoms with Crippen molar-refractivity contribution in [3.05, 3.63) is 17.8 Å². The Kier molecular flexibility index (Phi) is 6.20. The van der Waals surface area contributed by atoms with Crippen LogP contribution in [0.25, 0.3) is 0 Å². The van der Waals surface area contributed by atoms with E-state index in [1.807, 2.05) is 26.0 Å². The number of carbonyl (C=O) groups excluding carboxylic acids is 1. The van der Waals surface area contributed by atoms with Crippen LogP contribution in [0.2, 0.25) is 0 Å². The molecule has 0 radical (unpaired) electrons. The normalized spacial score (nSPS) is 19.8. The van der Waals surface area contributed by atoms with E-state index >= 15 is 0 Å². The van der Waals surface area contributed by atoms with E-state index in [-0.39, 0.29) is 5.91 Å². The van der Waals surface area contributed by atoms with E-state index in [0.29, 0.717) is 24.8 Å². The van der Waals surface area contributed by atoms with Gasteiger partial charge in [0.15, 0.2) is 11.5 Å². The maximum absolute atomic E-state index is 12.3. The van der Waals surface area contributed by atoms with Gasteiger partial charge in [-0.3, -0.25) is 9.69 Å². The van der Waals surface area contributed by atoms with Crippen molar-refractivity contribution in [2.75, 3.05) is 57.3 Å². The van der Waals surface area contributed by atoms with Crippen LogP contribution in [0.4, 0.5) is 5.82 Å². The summed E-state index contributed by atoms with van der Waals surface area (Å²) >= 11 is 0. The van der Waals surface area contributed by atoms with Crippen LogP contribution in [-0.2, 0) is 0 Å². The molecule has 25 heavy (non-hydrogen) atoms. The highest BCUT2D eigenvalue weighted by molar-refractivity contribution is 5.92. The first-order valence-corrected chi connectivity index (χ1v) is 9.55. The van der Waals surface area contributed by atoms with Gasteiger partial charge >= 0.3 is 0 Å². The van der Waals surface area contributed by atoms with Gasteiger partial charge in [0, 0.05) is 58.4 Å². The summed E-state index contributed by atoms with van der Waals surface area (Å²) in [6, 6.07) is 4.44. The number of carbonyl (C=O) groups is 1. The van der Waals surface area contributed by atoms with Crippen LogP contribution >= 0.6 is 0 Å². The number of amides is 1. The summed E-state index contributed by atoms with van der Waals surface area (Å²) in [4.78, 5) is 19.0. The van der Waals surface area contributed by atoms with Crippen LogP contribution in [0.5, 0.6) is 0 Å². The Morgan fingerprint density at radius 1 is 1.12 bits per heavy atom. The maximum Gasteiger partial charge on any atom is 0.274 e. The zero-order valence-corrected chi connectivity index (χ0v) is 15.4. The first kappa shape index (κ1) is 18.1. The lowest BCUT2D eigenvalue weighted by atomic mass is 10.0. The lowest BCUT2D eigenvalue weighted by Crippen LogP contribution is -2.52. The molecule has 3 rings (SSSR count). The molecule has 0 unspecified atom stereocenters. The van der Waals surface area contributed by atoms with Crippen molar-refractivity contribution < 1.29 is 4.79 Å². The van der Waals surface area contributed by atoms with Crippen molar-refractivity contribution in [2.24, 2.45) is 0 Å². The number of hydrogen-bond donors (Lipinski definition) is 1. The van der Waals surface area contributed by atoms with Crippen LogP contribution in [0, 0.1) is 0 Å². The Morgan fingerprint density at radius 2 is 1.80 bits per heavy atom. The SMILES string of the molecule is CCN(CC)C(=O)c1ccc(N2CCC(N3CCNCC3)CC2)nn1. The summed E-state index contributed by atoms with van der Waals surface area (Å²) < 4.78 is 0. The van der Waals surface area contributed by atoms with E-state index in [2.05, 4.69) is 25.3 Å². The van der Waals surface area contributed by atoms with Gasteiger partial charge in [-0.2, -0.15) is 0 Å². The van der Waals surface area contributed by atoms with Gasteiger partial charge in [-0.1, -0.05) is 0 Å². The van der Waals surface area contributed by atoms with Crippen LogP contribution in [-0.4, -0.2) is 84.3 Å². The second-order valence-electron chi connectivity index (χ2n) is 6.76. The zero-order chi connectivity index (χ0) is 17.6. The van der Waals surface area contributed by atoms with Gasteiger partial charge in [0.1, 0.15) is 0 Å². The second kappa shape index (κ2) is 8.58. The molecule has 2 saturated heterocycles. The molecule has 0 atom stereocenters. The zero-order valence-electron chi connectivity index (χ0n) is 15.4. The first-order chi connectivity index (χ1) is 12.2. The van der Waals surface area contributed by atoms with Crippen molar-refractivity contribution in [2.45, 2.75) is 32.7 Å². The molecule has 3 heterocycles. The van der Waals surface area contributed by atoms with Crippen molar-refractivity contribution in [1.82, 2.24) is 25.3 Å². The smallest absolute Gasteiger partial charge is 0.274 e. The lowest BCUT2D eigenvalue weighted by molar-refractivity contribution is 0.0766. The Labute approximate surface area is 150 Å². The molecule has 0 saturated carbocycles. The fraction of sp³-hybridized carbons (Fsp3) is 0.722. The van der Waals surface area contributed by atoms with Crippen molar-refractivity contribution in [3.8, 4) is 0 Å².